The molecule has 1 aromatic rings. The Morgan fingerprint density at radius 1 is 1.21 bits per heavy atom. The first kappa shape index (κ1) is 15.9. The number of nitrogens with zero attached hydrogens (tertiary/aromatic N) is 1. The minimum atomic E-state index is -4.17. The maximum Gasteiger partial charge on any atom is 0.390 e. The van der Waals surface area contributed by atoms with Gasteiger partial charge in [-0.05, 0) is 31.7 Å². The largest absolute Gasteiger partial charge is 0.390 e. The average molecular weight is 278 g/mol. The smallest absolute Gasteiger partial charge is 0.323 e. The van der Waals surface area contributed by atoms with Gasteiger partial charge in [0.2, 0.25) is 0 Å². The third-order valence-corrected chi connectivity index (χ3v) is 3.22. The van der Waals surface area contributed by atoms with Gasteiger partial charge in [0.1, 0.15) is 5.82 Å². The van der Waals surface area contributed by atoms with Crippen LogP contribution in [-0.4, -0.2) is 30.7 Å². The van der Waals surface area contributed by atoms with Gasteiger partial charge in [0.15, 0.2) is 0 Å². The van der Waals surface area contributed by atoms with E-state index in [9.17, 15) is 17.6 Å². The maximum absolute atomic E-state index is 12.8. The van der Waals surface area contributed by atoms with Crippen molar-refractivity contribution >= 4 is 0 Å². The van der Waals surface area contributed by atoms with Gasteiger partial charge >= 0.3 is 6.18 Å². The molecule has 2 N–H and O–H groups in total. The Balaban J connectivity index is 2.60. The Kier molecular flexibility index (Phi) is 5.31. The van der Waals surface area contributed by atoms with Crippen LogP contribution in [0.3, 0.4) is 0 Å². The molecule has 2 atom stereocenters. The van der Waals surface area contributed by atoms with E-state index < -0.39 is 18.6 Å². The third-order valence-electron chi connectivity index (χ3n) is 3.22. The second-order valence-electron chi connectivity index (χ2n) is 4.66. The molecular weight excluding hydrogens is 260 g/mol. The molecule has 0 radical (unpaired) electrons. The molecular formula is C13H18F4N2. The first-order valence-corrected chi connectivity index (χ1v) is 5.99. The van der Waals surface area contributed by atoms with Crippen LogP contribution in [-0.2, 0) is 0 Å². The zero-order chi connectivity index (χ0) is 14.6. The van der Waals surface area contributed by atoms with Crippen molar-refractivity contribution in [2.45, 2.75) is 31.6 Å². The second-order valence-corrected chi connectivity index (χ2v) is 4.66. The molecule has 108 valence electrons. The number of alkyl halides is 3. The number of nitrogens with two attached hydrogens (primary N) is 1. The summed E-state index contributed by atoms with van der Waals surface area (Å²) in [6.45, 7) is 1.64. The summed E-state index contributed by atoms with van der Waals surface area (Å²) in [5.41, 5.74) is 6.69. The molecule has 19 heavy (non-hydrogen) atoms. The van der Waals surface area contributed by atoms with Crippen molar-refractivity contribution in [1.82, 2.24) is 4.90 Å². The molecule has 0 amide bonds. The van der Waals surface area contributed by atoms with Gasteiger partial charge in [-0.1, -0.05) is 12.1 Å². The molecule has 0 fully saturated rings. The van der Waals surface area contributed by atoms with Crippen LogP contribution in [0.5, 0.6) is 0 Å². The van der Waals surface area contributed by atoms with Gasteiger partial charge in [-0.3, -0.25) is 0 Å². The van der Waals surface area contributed by atoms with Crippen LogP contribution < -0.4 is 5.73 Å². The predicted octanol–water partition coefficient (Wildman–Crippen LogP) is 3.10. The highest BCUT2D eigenvalue weighted by Crippen LogP contribution is 2.22. The summed E-state index contributed by atoms with van der Waals surface area (Å²) in [5, 5.41) is 0. The fourth-order valence-electron chi connectivity index (χ4n) is 1.74. The summed E-state index contributed by atoms with van der Waals surface area (Å²) in [7, 11) is 1.60. The average Bonchev–Trinajstić information content (AvgIpc) is 2.34. The lowest BCUT2D eigenvalue weighted by molar-refractivity contribution is -0.138. The molecule has 1 aromatic carbocycles. The highest BCUT2D eigenvalue weighted by Gasteiger charge is 2.29. The first-order chi connectivity index (χ1) is 8.70. The summed E-state index contributed by atoms with van der Waals surface area (Å²) < 4.78 is 49.2. The van der Waals surface area contributed by atoms with Gasteiger partial charge in [-0.25, -0.2) is 4.39 Å². The second kappa shape index (κ2) is 6.34. The highest BCUT2D eigenvalue weighted by molar-refractivity contribution is 5.20. The molecule has 6 heteroatoms. The lowest BCUT2D eigenvalue weighted by Gasteiger charge is -2.30. The minimum absolute atomic E-state index is 0.112. The Hall–Kier alpha value is -1.14. The Bertz CT molecular complexity index is 389. The number of benzene rings is 1. The van der Waals surface area contributed by atoms with Gasteiger partial charge in [-0.15, -0.1) is 0 Å². The van der Waals surface area contributed by atoms with Crippen molar-refractivity contribution in [2.75, 3.05) is 13.6 Å². The van der Waals surface area contributed by atoms with Crippen molar-refractivity contribution in [3.8, 4) is 0 Å². The maximum atomic E-state index is 12.8. The summed E-state index contributed by atoms with van der Waals surface area (Å²) in [4.78, 5) is 1.56. The van der Waals surface area contributed by atoms with Gasteiger partial charge in [0.05, 0.1) is 6.42 Å². The van der Waals surface area contributed by atoms with Crippen LogP contribution >= 0.6 is 0 Å². The summed E-state index contributed by atoms with van der Waals surface area (Å²) in [6.07, 6.45) is -5.04. The number of rotatable bonds is 5. The topological polar surface area (TPSA) is 29.3 Å². The van der Waals surface area contributed by atoms with E-state index in [0.717, 1.165) is 0 Å². The fourth-order valence-corrected chi connectivity index (χ4v) is 1.74. The van der Waals surface area contributed by atoms with E-state index in [4.69, 9.17) is 5.73 Å². The van der Waals surface area contributed by atoms with Gasteiger partial charge < -0.3 is 10.6 Å². The summed E-state index contributed by atoms with van der Waals surface area (Å²) in [5.74, 6) is -0.367. The van der Waals surface area contributed by atoms with E-state index in [1.54, 1.807) is 31.0 Å². The molecule has 2 unspecified atom stereocenters. The van der Waals surface area contributed by atoms with Crippen molar-refractivity contribution in [3.05, 3.63) is 35.6 Å². The van der Waals surface area contributed by atoms with Gasteiger partial charge in [-0.2, -0.15) is 13.2 Å². The SMILES string of the molecule is CC(C(N)c1ccc(F)cc1)N(C)CCC(F)(F)F. The van der Waals surface area contributed by atoms with Crippen molar-refractivity contribution in [1.29, 1.82) is 0 Å². The molecule has 0 heterocycles. The molecule has 0 saturated carbocycles. The van der Waals surface area contributed by atoms with Crippen LogP contribution in [0.2, 0.25) is 0 Å². The molecule has 0 aliphatic rings. The van der Waals surface area contributed by atoms with E-state index in [1.807, 2.05) is 0 Å². The minimum Gasteiger partial charge on any atom is -0.323 e. The van der Waals surface area contributed by atoms with Crippen molar-refractivity contribution < 1.29 is 17.6 Å². The van der Waals surface area contributed by atoms with Gasteiger partial charge in [0.25, 0.3) is 0 Å². The quantitative estimate of drug-likeness (QED) is 0.839. The van der Waals surface area contributed by atoms with Crippen LogP contribution in [0.15, 0.2) is 24.3 Å². The van der Waals surface area contributed by atoms with Crippen LogP contribution in [0.25, 0.3) is 0 Å². The molecule has 0 bridgehead atoms. The van der Waals surface area contributed by atoms with Crippen molar-refractivity contribution in [3.63, 3.8) is 0 Å². The normalized spacial score (nSPS) is 15.6. The summed E-state index contributed by atoms with van der Waals surface area (Å²) >= 11 is 0. The van der Waals surface area contributed by atoms with Crippen LogP contribution in [0, 0.1) is 5.82 Å². The molecule has 0 aliphatic heterocycles. The Labute approximate surface area is 110 Å². The fraction of sp³-hybridized carbons (Fsp3) is 0.538. The summed E-state index contributed by atoms with van der Waals surface area (Å²) in [6, 6.07) is 4.95. The monoisotopic (exact) mass is 278 g/mol. The van der Waals surface area contributed by atoms with Crippen molar-refractivity contribution in [2.24, 2.45) is 5.73 Å². The predicted molar refractivity (Wildman–Crippen MR) is 66.1 cm³/mol. The number of hydrogen-bond donors (Lipinski definition) is 1. The highest BCUT2D eigenvalue weighted by atomic mass is 19.4. The molecule has 0 saturated heterocycles. The van der Waals surface area contributed by atoms with E-state index in [0.29, 0.717) is 5.56 Å². The van der Waals surface area contributed by atoms with E-state index >= 15 is 0 Å². The molecule has 0 aromatic heterocycles. The number of likely N-dealkylation sites (N-methyl/N-ethyl adjacent to an activating group) is 1. The standard InChI is InChI=1S/C13H18F4N2/c1-9(19(2)8-7-13(15,16)17)12(18)10-3-5-11(14)6-4-10/h3-6,9,12H,7-8,18H2,1-2H3. The van der Waals surface area contributed by atoms with Crippen LogP contribution in [0.1, 0.15) is 24.9 Å². The molecule has 0 spiro atoms. The molecule has 2 nitrogen and oxygen atoms in total. The molecule has 0 aliphatic carbocycles. The zero-order valence-electron chi connectivity index (χ0n) is 10.9. The first-order valence-electron chi connectivity index (χ1n) is 5.99. The number of halogens is 4. The third kappa shape index (κ3) is 5.16. The van der Waals surface area contributed by atoms with E-state index in [1.165, 1.54) is 12.1 Å². The lowest BCUT2D eigenvalue weighted by Crippen LogP contribution is -2.39. The zero-order valence-corrected chi connectivity index (χ0v) is 10.9. The Morgan fingerprint density at radius 3 is 2.21 bits per heavy atom. The lowest BCUT2D eigenvalue weighted by atomic mass is 10.0. The Morgan fingerprint density at radius 2 is 1.74 bits per heavy atom. The number of hydrogen-bond acceptors (Lipinski definition) is 2. The van der Waals surface area contributed by atoms with Crippen LogP contribution in [0.4, 0.5) is 17.6 Å². The van der Waals surface area contributed by atoms with E-state index in [-0.39, 0.29) is 18.4 Å². The molecule has 1 rings (SSSR count). The van der Waals surface area contributed by atoms with Gasteiger partial charge in [0, 0.05) is 18.6 Å². The van der Waals surface area contributed by atoms with E-state index in [2.05, 4.69) is 0 Å².